The molecule has 2 aliphatic rings. The third kappa shape index (κ3) is 6.34. The number of carbonyl (C=O) groups excluding carboxylic acids is 3. The first kappa shape index (κ1) is 29.3. The second-order valence-corrected chi connectivity index (χ2v) is 12.4. The van der Waals surface area contributed by atoms with Crippen molar-refractivity contribution in [1.29, 1.82) is 0 Å². The van der Waals surface area contributed by atoms with E-state index in [1.165, 1.54) is 33.7 Å². The van der Waals surface area contributed by atoms with Crippen LogP contribution in [0.15, 0.2) is 39.1 Å². The van der Waals surface area contributed by atoms with Crippen molar-refractivity contribution in [2.75, 3.05) is 18.1 Å². The van der Waals surface area contributed by atoms with Crippen molar-refractivity contribution in [3.8, 4) is 0 Å². The third-order valence-electron chi connectivity index (χ3n) is 5.52. The largest absolute Gasteiger partial charge is 0.477 e. The van der Waals surface area contributed by atoms with E-state index in [4.69, 9.17) is 9.57 Å². The van der Waals surface area contributed by atoms with Gasteiger partial charge in [-0.25, -0.2) is 14.6 Å². The Kier molecular flexibility index (Phi) is 8.36. The zero-order valence-electron chi connectivity index (χ0n) is 22.2. The van der Waals surface area contributed by atoms with Gasteiger partial charge >= 0.3 is 11.9 Å². The molecule has 0 aliphatic carbocycles. The second-order valence-electron chi connectivity index (χ2n) is 9.66. The van der Waals surface area contributed by atoms with Crippen molar-refractivity contribution >= 4 is 70.2 Å². The van der Waals surface area contributed by atoms with Crippen LogP contribution in [-0.4, -0.2) is 109 Å². The molecule has 2 atom stereocenters. The molecule has 1 unspecified atom stereocenters. The number of carboxylic acid groups (broad SMARTS) is 1. The van der Waals surface area contributed by atoms with E-state index in [0.717, 1.165) is 16.4 Å². The van der Waals surface area contributed by atoms with E-state index < -0.39 is 47.4 Å². The number of carbonyl (C=O) groups is 4. The highest BCUT2D eigenvalue weighted by Gasteiger charge is 2.54. The lowest BCUT2D eigenvalue weighted by Gasteiger charge is -2.49. The van der Waals surface area contributed by atoms with E-state index in [9.17, 15) is 24.3 Å². The van der Waals surface area contributed by atoms with E-state index in [0.29, 0.717) is 22.0 Å². The van der Waals surface area contributed by atoms with Crippen molar-refractivity contribution in [3.05, 3.63) is 34.7 Å². The molecule has 17 nitrogen and oxygen atoms in total. The van der Waals surface area contributed by atoms with Gasteiger partial charge in [0.05, 0.1) is 0 Å². The Morgan fingerprint density at radius 3 is 2.81 bits per heavy atom. The number of nitrogens with one attached hydrogen (secondary N) is 1. The van der Waals surface area contributed by atoms with Gasteiger partial charge in [0, 0.05) is 11.5 Å². The van der Waals surface area contributed by atoms with E-state index in [2.05, 4.69) is 40.5 Å². The number of thioether (sulfide) groups is 2. The highest BCUT2D eigenvalue weighted by Crippen LogP contribution is 2.41. The van der Waals surface area contributed by atoms with Crippen LogP contribution in [0.2, 0.25) is 0 Å². The number of aliphatic carboxylic acids is 1. The number of esters is 1. The number of rotatable bonds is 10. The monoisotopic (exact) mass is 634 g/mol. The van der Waals surface area contributed by atoms with Gasteiger partial charge in [-0.2, -0.15) is 4.37 Å². The minimum absolute atomic E-state index is 0.0690. The Labute approximate surface area is 249 Å². The molecule has 0 saturated carbocycles. The number of ether oxygens (including phenoxy) is 1. The third-order valence-corrected chi connectivity index (χ3v) is 8.35. The molecule has 42 heavy (non-hydrogen) atoms. The molecule has 0 radical (unpaired) electrons. The number of carboxylic acids is 1. The van der Waals surface area contributed by atoms with Crippen LogP contribution in [-0.2, 0) is 28.8 Å². The van der Waals surface area contributed by atoms with Crippen molar-refractivity contribution in [1.82, 2.24) is 44.8 Å². The molecule has 5 rings (SSSR count). The first-order valence-electron chi connectivity index (χ1n) is 12.1. The number of hydrogen-bond donors (Lipinski definition) is 2. The zero-order chi connectivity index (χ0) is 30.0. The van der Waals surface area contributed by atoms with Gasteiger partial charge in [0.25, 0.3) is 11.8 Å². The number of hydrogen-bond acceptors (Lipinski definition) is 16. The Morgan fingerprint density at radius 2 is 2.10 bits per heavy atom. The summed E-state index contributed by atoms with van der Waals surface area (Å²) in [5, 5.41) is 31.5. The maximum atomic E-state index is 13.1. The fraction of sp³-hybridized carbons (Fsp3) is 0.409. The summed E-state index contributed by atoms with van der Waals surface area (Å²) in [6, 6.07) is 2.36. The van der Waals surface area contributed by atoms with E-state index >= 15 is 0 Å². The van der Waals surface area contributed by atoms with Gasteiger partial charge in [0.2, 0.25) is 18.1 Å². The minimum Gasteiger partial charge on any atom is -0.477 e. The fourth-order valence-corrected chi connectivity index (χ4v) is 6.62. The van der Waals surface area contributed by atoms with Crippen LogP contribution in [0.25, 0.3) is 5.65 Å². The fourth-order valence-electron chi connectivity index (χ4n) is 3.85. The molecule has 2 amide bonds. The van der Waals surface area contributed by atoms with Crippen LogP contribution in [0, 0.1) is 0 Å². The lowest BCUT2D eigenvalue weighted by atomic mass is 10.0. The first-order valence-corrected chi connectivity index (χ1v) is 15.0. The molecule has 1 fully saturated rings. The summed E-state index contributed by atoms with van der Waals surface area (Å²) in [6.45, 7) is 4.50. The average molecular weight is 635 g/mol. The smallest absolute Gasteiger partial charge is 0.352 e. The lowest BCUT2D eigenvalue weighted by Crippen LogP contribution is -2.71. The van der Waals surface area contributed by atoms with Crippen molar-refractivity contribution in [2.24, 2.45) is 5.16 Å². The number of oxime groups is 1. The van der Waals surface area contributed by atoms with Gasteiger partial charge in [0.1, 0.15) is 33.3 Å². The average Bonchev–Trinajstić information content (AvgIpc) is 3.63. The molecular formula is C22H22N10O7S3. The first-order chi connectivity index (χ1) is 20.0. The predicted molar refractivity (Wildman–Crippen MR) is 147 cm³/mol. The van der Waals surface area contributed by atoms with Gasteiger partial charge in [-0.3, -0.25) is 14.5 Å². The molecule has 0 bridgehead atoms. The number of nitrogens with zero attached hydrogens (tertiary/aromatic N) is 9. The summed E-state index contributed by atoms with van der Waals surface area (Å²) in [4.78, 5) is 60.6. The number of tetrazole rings is 1. The normalized spacial score (nSPS) is 18.9. The second kappa shape index (κ2) is 12.0. The Bertz CT molecular complexity index is 1600. The lowest BCUT2D eigenvalue weighted by molar-refractivity contribution is -0.160. The number of β-lactam (4-membered cyclic amide) rings is 1. The summed E-state index contributed by atoms with van der Waals surface area (Å²) in [5.74, 6) is -2.91. The van der Waals surface area contributed by atoms with E-state index in [1.807, 2.05) is 0 Å². The number of fused-ring (bicyclic) bond motifs is 2. The summed E-state index contributed by atoms with van der Waals surface area (Å²) in [7, 11) is 0. The molecule has 0 spiro atoms. The van der Waals surface area contributed by atoms with Crippen LogP contribution in [0.4, 0.5) is 0 Å². The molecule has 1 saturated heterocycles. The minimum atomic E-state index is -1.26. The van der Waals surface area contributed by atoms with Crippen LogP contribution in [0.1, 0.15) is 26.6 Å². The topological polar surface area (TPSA) is 216 Å². The summed E-state index contributed by atoms with van der Waals surface area (Å²) >= 11 is 3.54. The maximum absolute atomic E-state index is 13.1. The summed E-state index contributed by atoms with van der Waals surface area (Å²) in [5.41, 5.74) is 1.13. The van der Waals surface area contributed by atoms with Gasteiger partial charge < -0.3 is 20.0 Å². The standard InChI is InChI=1S/C22H22N10O7S3/c1-22(2,3)39-13(33)6-38-27-14(17-23-9-42-28-17)18(34)24-15-19(35)31-16(21(36)37)10(8-41-20(15)31)7-40-12-5-4-11-25-29-30-32(11)26-12/h4-5,9,15,20H,6-8H2,1-3H3,(H,24,34)(H,36,37)/t15?,20-/m1/s1. The molecule has 2 aliphatic heterocycles. The van der Waals surface area contributed by atoms with Gasteiger partial charge in [-0.05, 0) is 60.4 Å². The van der Waals surface area contributed by atoms with Gasteiger partial charge in [-0.15, -0.1) is 38.4 Å². The van der Waals surface area contributed by atoms with E-state index in [-0.39, 0.29) is 23.0 Å². The molecule has 3 aromatic rings. The van der Waals surface area contributed by atoms with Crippen LogP contribution in [0.3, 0.4) is 0 Å². The molecular weight excluding hydrogens is 613 g/mol. The van der Waals surface area contributed by atoms with Crippen molar-refractivity contribution in [2.45, 2.75) is 42.8 Å². The molecule has 20 heteroatoms. The number of amides is 2. The maximum Gasteiger partial charge on any atom is 0.352 e. The van der Waals surface area contributed by atoms with Crippen LogP contribution >= 0.6 is 35.1 Å². The number of aromatic nitrogens is 7. The highest BCUT2D eigenvalue weighted by molar-refractivity contribution is 8.01. The Hall–Kier alpha value is -4.17. The van der Waals surface area contributed by atoms with Gasteiger partial charge in [-0.1, -0.05) is 5.16 Å². The molecule has 3 aromatic heterocycles. The molecule has 5 heterocycles. The zero-order valence-corrected chi connectivity index (χ0v) is 24.6. The summed E-state index contributed by atoms with van der Waals surface area (Å²) in [6.07, 6.45) is 0. The summed E-state index contributed by atoms with van der Waals surface area (Å²) < 4.78 is 10.4. The molecule has 220 valence electrons. The Balaban J connectivity index is 1.26. The molecule has 0 aromatic carbocycles. The Morgan fingerprint density at radius 1 is 1.29 bits per heavy atom. The quantitative estimate of drug-likeness (QED) is 0.0983. The van der Waals surface area contributed by atoms with Crippen molar-refractivity contribution in [3.63, 3.8) is 0 Å². The van der Waals surface area contributed by atoms with Crippen LogP contribution in [0.5, 0.6) is 0 Å². The van der Waals surface area contributed by atoms with Gasteiger partial charge in [0.15, 0.2) is 5.65 Å². The molecule has 2 N–H and O–H groups in total. The SMILES string of the molecule is CC(C)(C)OC(=O)CON=C(C(=O)NC1C(=O)N2C(C(=O)O)=C(CSc3ccc4nnnn4n3)CS[C@H]12)c1ncsn1. The van der Waals surface area contributed by atoms with E-state index in [1.54, 1.807) is 32.9 Å². The van der Waals surface area contributed by atoms with Crippen molar-refractivity contribution < 1.29 is 33.9 Å². The predicted octanol–water partition coefficient (Wildman–Crippen LogP) is -0.0359. The van der Waals surface area contributed by atoms with Crippen LogP contribution < -0.4 is 5.32 Å². The highest BCUT2D eigenvalue weighted by atomic mass is 32.2.